The van der Waals surface area contributed by atoms with Gasteiger partial charge < -0.3 is 79.6 Å². The predicted octanol–water partition coefficient (Wildman–Crippen LogP) is 9.28. The highest BCUT2D eigenvalue weighted by atomic mass is 16.5. The SMILES string of the molecule is C.C.CC(C)(C)C.CC(C)(C)C.C[C@@H]1NC(=O)C=C1N1CC[C@H](N2C(=O)C=C(N3CC[C@H](N4C(=O)C=C(OC(C)(C)C)[C@@H]4C)C3)[C@@H]2C)C1.C[C@@H]1NC(=O)C=C1N1CC[C@H](N2C(=O)C=C(OC(C)(C)C)[C@@H]2C)C1.C[C@@H]1NC(=O)C=C1N1CC[C@H](N2C(=O)CC(=O)[C@@H]2C)C1.C[C@H]1C(OC(C)(C)C)=CC(=O)N1[C@H]1CCNC1. The second-order valence-corrected chi connectivity index (χ2v) is 37.3. The standard InChI is InChI=1S/C27H39N5O4.C18H27N3O3.C14H19N3O3.C13H22N2O2.2C5H12.2CH4/c1-16-21(11-24(33)28-16)29-9-7-19(14-29)31-17(2)22(12-25(31)34)30-10-8-20(15-30)32-18(3)23(13-26(32)35)36-27(4,5)6;1-11-14(8-16(22)19-11)20-7-6-13(10-20)21-12(2)15(9-17(21)23)24-18(3,4)5;1-8-11(5-13(19)15-8)16-4-3-10(7-16)17-9(2)12(18)6-14(17)20;1-9-11(17-13(2,3)4)7-12(16)15(9)10-5-6-14-8-10;2*1-5(2,3)4;;/h11-13,16-20H,7-10,14-15H2,1-6H3,(H,28,33);8-9,11-13H,6-7,10H2,1-5H3,(H,19,22);5,8-10H,3-4,6-7H2,1-2H3,(H,15,19);7,9-10,14H,5-6,8H2,1-4H3;2*1-4H3;2*1H4/t16-,17-,18-,19-,20-;11-,12-,13-;8-,9-,10-;9-,10-;;;;/m0000..../s1. The lowest BCUT2D eigenvalue weighted by Crippen LogP contribution is -2.46. The Labute approximate surface area is 653 Å². The number of hydrogen-bond acceptors (Lipinski definition) is 17. The molecule has 8 amide bonds. The van der Waals surface area contributed by atoms with Crippen molar-refractivity contribution in [2.45, 2.75) is 322 Å². The fourth-order valence-corrected chi connectivity index (χ4v) is 16.2. The van der Waals surface area contributed by atoms with Gasteiger partial charge in [-0.15, -0.1) is 0 Å². The number of ether oxygens (including phenoxy) is 3. The first-order chi connectivity index (χ1) is 49.4. The molecule has 25 nitrogen and oxygen atoms in total. The zero-order valence-electron chi connectivity index (χ0n) is 69.3. The van der Waals surface area contributed by atoms with Crippen LogP contribution in [0.1, 0.15) is 226 Å². The molecule has 0 aliphatic carbocycles. The summed E-state index contributed by atoms with van der Waals surface area (Å²) in [5.74, 6) is 2.28. The summed E-state index contributed by atoms with van der Waals surface area (Å²) in [5.41, 5.74) is 4.18. The van der Waals surface area contributed by atoms with Gasteiger partial charge in [0.2, 0.25) is 29.5 Å². The molecule has 0 aromatic carbocycles. The van der Waals surface area contributed by atoms with E-state index in [1.807, 2.05) is 123 Å². The lowest BCUT2D eigenvalue weighted by atomic mass is 10.0. The predicted molar refractivity (Wildman–Crippen MR) is 428 cm³/mol. The maximum Gasteiger partial charge on any atom is 0.250 e. The monoisotopic (exact) mass is 1520 g/mol. The van der Waals surface area contributed by atoms with Gasteiger partial charge in [0.1, 0.15) is 34.1 Å². The second-order valence-electron chi connectivity index (χ2n) is 37.3. The summed E-state index contributed by atoms with van der Waals surface area (Å²) < 4.78 is 17.8. The first kappa shape index (κ1) is 90.1. The summed E-state index contributed by atoms with van der Waals surface area (Å²) in [6.45, 7) is 59.6. The van der Waals surface area contributed by atoms with E-state index in [1.165, 1.54) is 0 Å². The Morgan fingerprint density at radius 2 is 0.615 bits per heavy atom. The van der Waals surface area contributed by atoms with Crippen molar-refractivity contribution in [1.29, 1.82) is 0 Å². The number of carbonyl (C=O) groups excluding carboxylic acids is 9. The third-order valence-corrected chi connectivity index (χ3v) is 20.5. The summed E-state index contributed by atoms with van der Waals surface area (Å²) in [7, 11) is 0. The van der Waals surface area contributed by atoms with E-state index in [4.69, 9.17) is 14.2 Å². The molecule has 13 atom stereocenters. The molecule has 13 aliphatic rings. The average Bonchev–Trinajstić information content (AvgIpc) is 1.63. The Morgan fingerprint density at radius 3 is 0.872 bits per heavy atom. The highest BCUT2D eigenvalue weighted by molar-refractivity contribution is 6.07. The molecule has 0 spiro atoms. The molecule has 6 saturated heterocycles. The number of nitrogens with zero attached hydrogens (tertiary/aromatic N) is 9. The van der Waals surface area contributed by atoms with Gasteiger partial charge in [-0.2, -0.15) is 0 Å². The number of likely N-dealkylation sites (tertiary alicyclic amines) is 5. The summed E-state index contributed by atoms with van der Waals surface area (Å²) in [5, 5.41) is 12.0. The van der Waals surface area contributed by atoms with Crippen LogP contribution in [-0.4, -0.2) is 258 Å². The van der Waals surface area contributed by atoms with Crippen LogP contribution in [0.5, 0.6) is 0 Å². The minimum absolute atomic E-state index is 0. The highest BCUT2D eigenvalue weighted by Gasteiger charge is 2.48. The third kappa shape index (κ3) is 23.6. The van der Waals surface area contributed by atoms with Gasteiger partial charge in [-0.1, -0.05) is 70.2 Å². The van der Waals surface area contributed by atoms with Crippen LogP contribution in [0.2, 0.25) is 0 Å². The minimum atomic E-state index is -0.347. The number of hydrogen-bond donors (Lipinski definition) is 4. The van der Waals surface area contributed by atoms with Crippen LogP contribution in [0.3, 0.4) is 0 Å². The molecule has 6 fully saturated rings. The molecule has 0 saturated carbocycles. The van der Waals surface area contributed by atoms with E-state index in [0.29, 0.717) is 23.4 Å². The second kappa shape index (κ2) is 35.7. The Morgan fingerprint density at radius 1 is 0.339 bits per heavy atom. The molecular weight excluding hydrogens is 1380 g/mol. The van der Waals surface area contributed by atoms with Gasteiger partial charge in [0, 0.05) is 130 Å². The van der Waals surface area contributed by atoms with Crippen molar-refractivity contribution < 1.29 is 57.4 Å². The molecule has 13 aliphatic heterocycles. The maximum absolute atomic E-state index is 13.1. The van der Waals surface area contributed by atoms with Crippen molar-refractivity contribution in [3.63, 3.8) is 0 Å². The van der Waals surface area contributed by atoms with Crippen LogP contribution in [-0.2, 0) is 57.4 Å². The first-order valence-electron chi connectivity index (χ1n) is 39.3. The van der Waals surface area contributed by atoms with Crippen molar-refractivity contribution in [3.8, 4) is 0 Å². The zero-order chi connectivity index (χ0) is 79.7. The lowest BCUT2D eigenvalue weighted by Gasteiger charge is -2.34. The lowest BCUT2D eigenvalue weighted by molar-refractivity contribution is -0.131. The van der Waals surface area contributed by atoms with Crippen LogP contribution in [0, 0.1) is 10.8 Å². The summed E-state index contributed by atoms with van der Waals surface area (Å²) in [4.78, 5) is 127. The molecular formula is C84H139N13O12. The van der Waals surface area contributed by atoms with Crippen LogP contribution in [0.4, 0.5) is 0 Å². The fourth-order valence-electron chi connectivity index (χ4n) is 16.2. The fraction of sp³-hybridized carbons (Fsp3) is 0.726. The molecule has 0 aromatic rings. The summed E-state index contributed by atoms with van der Waals surface area (Å²) in [6.07, 6.45) is 16.3. The number of amides is 8. The molecule has 25 heteroatoms. The molecule has 13 heterocycles. The van der Waals surface area contributed by atoms with E-state index in [0.717, 1.165) is 131 Å². The van der Waals surface area contributed by atoms with Gasteiger partial charge in [0.05, 0.1) is 78.9 Å². The van der Waals surface area contributed by atoms with Gasteiger partial charge in [-0.3, -0.25) is 43.2 Å². The van der Waals surface area contributed by atoms with Crippen LogP contribution < -0.4 is 21.3 Å². The number of ketones is 1. The van der Waals surface area contributed by atoms with E-state index in [9.17, 15) is 43.2 Å². The van der Waals surface area contributed by atoms with Crippen molar-refractivity contribution in [3.05, 3.63) is 82.6 Å². The Balaban J connectivity index is 0.000000224. The summed E-state index contributed by atoms with van der Waals surface area (Å²) in [6, 6.07) is 0.429. The average molecular weight is 1520 g/mol. The molecule has 612 valence electrons. The molecule has 13 rings (SSSR count). The van der Waals surface area contributed by atoms with Crippen molar-refractivity contribution in [1.82, 2.24) is 65.4 Å². The smallest absolute Gasteiger partial charge is 0.250 e. The Hall–Kier alpha value is -7.83. The molecule has 4 N–H and O–H groups in total. The van der Waals surface area contributed by atoms with Gasteiger partial charge in [0.25, 0.3) is 17.7 Å². The van der Waals surface area contributed by atoms with Gasteiger partial charge in [-0.05, 0) is 167 Å². The van der Waals surface area contributed by atoms with E-state index >= 15 is 0 Å². The Kier molecular flexibility index (Phi) is 29.5. The van der Waals surface area contributed by atoms with Crippen LogP contribution in [0.25, 0.3) is 0 Å². The summed E-state index contributed by atoms with van der Waals surface area (Å²) >= 11 is 0. The van der Waals surface area contributed by atoms with Gasteiger partial charge in [0.15, 0.2) is 5.78 Å². The Bertz CT molecular complexity index is 3540. The quantitative estimate of drug-likeness (QED) is 0.133. The van der Waals surface area contributed by atoms with E-state index < -0.39 is 0 Å². The molecule has 0 bridgehead atoms. The van der Waals surface area contributed by atoms with E-state index in [2.05, 4.69) is 103 Å². The highest BCUT2D eigenvalue weighted by Crippen LogP contribution is 2.38. The maximum atomic E-state index is 13.1. The normalized spacial score (nSPS) is 29.6. The van der Waals surface area contributed by atoms with Crippen LogP contribution >= 0.6 is 0 Å². The molecule has 0 unspecified atom stereocenters. The van der Waals surface area contributed by atoms with Crippen molar-refractivity contribution in [2.75, 3.05) is 65.4 Å². The van der Waals surface area contributed by atoms with E-state index in [1.54, 1.807) is 54.4 Å². The van der Waals surface area contributed by atoms with Gasteiger partial charge >= 0.3 is 0 Å². The van der Waals surface area contributed by atoms with Crippen molar-refractivity contribution in [2.24, 2.45) is 10.8 Å². The van der Waals surface area contributed by atoms with Gasteiger partial charge in [-0.25, -0.2) is 0 Å². The largest absolute Gasteiger partial charge is 0.490 e. The van der Waals surface area contributed by atoms with E-state index in [-0.39, 0.29) is 164 Å². The van der Waals surface area contributed by atoms with Crippen LogP contribution in [0.15, 0.2) is 82.6 Å². The topological polar surface area (TPSA) is 259 Å². The molecule has 109 heavy (non-hydrogen) atoms. The number of Topliss-reactive ketones (excluding diaryl/α,β-unsaturated/α-hetero) is 1. The zero-order valence-corrected chi connectivity index (χ0v) is 69.3. The van der Waals surface area contributed by atoms with Crippen molar-refractivity contribution >= 4 is 53.0 Å². The number of rotatable bonds is 12. The third-order valence-electron chi connectivity index (χ3n) is 20.5. The number of nitrogens with one attached hydrogen (secondary N) is 4. The molecule has 0 radical (unpaired) electrons. The minimum Gasteiger partial charge on any atom is -0.490 e. The molecule has 0 aromatic heterocycles. The number of carbonyl (C=O) groups is 9. The first-order valence-corrected chi connectivity index (χ1v) is 39.3.